The third-order valence-corrected chi connectivity index (χ3v) is 6.19. The topological polar surface area (TPSA) is 71.4 Å². The Morgan fingerprint density at radius 2 is 2.00 bits per heavy atom. The molecule has 2 aromatic heterocycles. The van der Waals surface area contributed by atoms with Crippen molar-refractivity contribution in [3.05, 3.63) is 78.4 Å². The lowest BCUT2D eigenvalue weighted by Gasteiger charge is -2.27. The minimum absolute atomic E-state index is 0.0635. The summed E-state index contributed by atoms with van der Waals surface area (Å²) in [6, 6.07) is 15.6. The van der Waals surface area contributed by atoms with Crippen molar-refractivity contribution in [2.45, 2.75) is 38.4 Å². The van der Waals surface area contributed by atoms with E-state index in [9.17, 15) is 4.79 Å². The lowest BCUT2D eigenvalue weighted by molar-refractivity contribution is -0.116. The third kappa shape index (κ3) is 5.01. The Kier molecular flexibility index (Phi) is 6.93. The second kappa shape index (κ2) is 10.0. The zero-order chi connectivity index (χ0) is 23.4. The van der Waals surface area contributed by atoms with Crippen LogP contribution in [0.1, 0.15) is 49.7 Å². The first-order chi connectivity index (χ1) is 16.0. The Morgan fingerprint density at radius 1 is 1.21 bits per heavy atom. The molecule has 33 heavy (non-hydrogen) atoms. The molecule has 4 rings (SSSR count). The van der Waals surface area contributed by atoms with Gasteiger partial charge in [0.25, 0.3) is 0 Å². The standard InChI is InChI=1S/C25H29N5O2S/c1-17(2)29-14-11-18(16-29)24-23(20-9-6-7-13-26-20)28-25(33)30(24)15-12-22(31)27-19-8-4-5-10-21(19)32-3/h4-11,13-14,16-17,23-24H,12,15H2,1-3H3,(H,27,31)(H,28,33)/t23-,24-/m0/s1. The predicted octanol–water partition coefficient (Wildman–Crippen LogP) is 4.47. The van der Waals surface area contributed by atoms with Crippen molar-refractivity contribution in [3.8, 4) is 5.75 Å². The van der Waals surface area contributed by atoms with Crippen molar-refractivity contribution >= 4 is 28.9 Å². The number of ether oxygens (including phenoxy) is 1. The highest BCUT2D eigenvalue weighted by Gasteiger charge is 2.40. The summed E-state index contributed by atoms with van der Waals surface area (Å²) in [5.74, 6) is 0.536. The molecule has 1 fully saturated rings. The molecule has 3 aromatic rings. The number of benzene rings is 1. The molecule has 0 bridgehead atoms. The van der Waals surface area contributed by atoms with E-state index in [4.69, 9.17) is 17.0 Å². The molecular weight excluding hydrogens is 434 g/mol. The molecule has 1 aliphatic rings. The van der Waals surface area contributed by atoms with Gasteiger partial charge in [-0.1, -0.05) is 18.2 Å². The summed E-state index contributed by atoms with van der Waals surface area (Å²) >= 11 is 5.70. The molecular formula is C25H29N5O2S. The Balaban J connectivity index is 1.54. The largest absolute Gasteiger partial charge is 0.495 e. The fourth-order valence-electron chi connectivity index (χ4n) is 4.12. The zero-order valence-corrected chi connectivity index (χ0v) is 19.9. The van der Waals surface area contributed by atoms with Crippen molar-refractivity contribution in [1.82, 2.24) is 19.8 Å². The van der Waals surface area contributed by atoms with Gasteiger partial charge in [0, 0.05) is 37.6 Å². The number of rotatable bonds is 8. The van der Waals surface area contributed by atoms with Gasteiger partial charge in [0.2, 0.25) is 5.91 Å². The van der Waals surface area contributed by atoms with E-state index >= 15 is 0 Å². The average Bonchev–Trinajstić information content (AvgIpc) is 3.43. The fourth-order valence-corrected chi connectivity index (χ4v) is 4.45. The summed E-state index contributed by atoms with van der Waals surface area (Å²) in [5.41, 5.74) is 2.71. The van der Waals surface area contributed by atoms with Crippen LogP contribution in [0.3, 0.4) is 0 Å². The molecule has 1 aliphatic heterocycles. The average molecular weight is 464 g/mol. The first kappa shape index (κ1) is 22.8. The van der Waals surface area contributed by atoms with Crippen LogP contribution in [0.25, 0.3) is 0 Å². The molecule has 0 spiro atoms. The normalized spacial score (nSPS) is 17.8. The number of aromatic nitrogens is 2. The van der Waals surface area contributed by atoms with Crippen LogP contribution in [0.5, 0.6) is 5.75 Å². The number of hydrogen-bond acceptors (Lipinski definition) is 4. The molecule has 7 nitrogen and oxygen atoms in total. The van der Waals surface area contributed by atoms with E-state index in [0.29, 0.717) is 29.1 Å². The van der Waals surface area contributed by atoms with Crippen molar-refractivity contribution in [1.29, 1.82) is 0 Å². The van der Waals surface area contributed by atoms with Gasteiger partial charge in [0.05, 0.1) is 30.6 Å². The fraction of sp³-hybridized carbons (Fsp3) is 0.320. The highest BCUT2D eigenvalue weighted by atomic mass is 32.1. The van der Waals surface area contributed by atoms with Gasteiger partial charge >= 0.3 is 0 Å². The van der Waals surface area contributed by atoms with Crippen LogP contribution in [-0.4, -0.2) is 39.1 Å². The van der Waals surface area contributed by atoms with Crippen LogP contribution in [0.2, 0.25) is 0 Å². The number of thiocarbonyl (C=S) groups is 1. The van der Waals surface area contributed by atoms with Crippen molar-refractivity contribution in [2.24, 2.45) is 0 Å². The van der Waals surface area contributed by atoms with Crippen LogP contribution >= 0.6 is 12.2 Å². The maximum absolute atomic E-state index is 12.8. The number of anilines is 1. The van der Waals surface area contributed by atoms with E-state index in [-0.39, 0.29) is 24.4 Å². The zero-order valence-electron chi connectivity index (χ0n) is 19.1. The molecule has 1 saturated heterocycles. The number of carbonyl (C=O) groups is 1. The molecule has 1 aromatic carbocycles. The number of amides is 1. The number of nitrogens with one attached hydrogen (secondary N) is 2. The predicted molar refractivity (Wildman–Crippen MR) is 133 cm³/mol. The summed E-state index contributed by atoms with van der Waals surface area (Å²) in [5, 5.41) is 7.00. The van der Waals surface area contributed by atoms with Gasteiger partial charge in [-0.05, 0) is 62.0 Å². The van der Waals surface area contributed by atoms with Gasteiger partial charge in [-0.15, -0.1) is 0 Å². The third-order valence-electron chi connectivity index (χ3n) is 5.83. The highest BCUT2D eigenvalue weighted by Crippen LogP contribution is 2.39. The van der Waals surface area contributed by atoms with Gasteiger partial charge in [0.1, 0.15) is 5.75 Å². The SMILES string of the molecule is COc1ccccc1NC(=O)CCN1C(=S)N[C@@H](c2ccccn2)[C@@H]1c1ccn(C(C)C)c1. The maximum atomic E-state index is 12.8. The summed E-state index contributed by atoms with van der Waals surface area (Å²) < 4.78 is 7.51. The number of nitrogens with zero attached hydrogens (tertiary/aromatic N) is 3. The van der Waals surface area contributed by atoms with Gasteiger partial charge in [-0.25, -0.2) is 0 Å². The molecule has 8 heteroatoms. The van der Waals surface area contributed by atoms with Crippen LogP contribution in [0.15, 0.2) is 67.1 Å². The van der Waals surface area contributed by atoms with Crippen molar-refractivity contribution < 1.29 is 9.53 Å². The summed E-state index contributed by atoms with van der Waals surface area (Å²) in [7, 11) is 1.59. The van der Waals surface area contributed by atoms with Crippen molar-refractivity contribution in [3.63, 3.8) is 0 Å². The molecule has 0 saturated carbocycles. The lowest BCUT2D eigenvalue weighted by Crippen LogP contribution is -2.32. The quantitative estimate of drug-likeness (QED) is 0.480. The number of hydrogen-bond donors (Lipinski definition) is 2. The Morgan fingerprint density at radius 3 is 2.70 bits per heavy atom. The Hall–Kier alpha value is -3.39. The number of pyridine rings is 1. The molecule has 2 N–H and O–H groups in total. The van der Waals surface area contributed by atoms with Crippen LogP contribution in [0, 0.1) is 0 Å². The summed E-state index contributed by atoms with van der Waals surface area (Å²) in [4.78, 5) is 19.4. The molecule has 0 aliphatic carbocycles. The van der Waals surface area contributed by atoms with Crippen LogP contribution in [-0.2, 0) is 4.79 Å². The van der Waals surface area contributed by atoms with E-state index in [1.807, 2.05) is 42.5 Å². The Labute approximate surface area is 199 Å². The van der Waals surface area contributed by atoms with Crippen molar-refractivity contribution in [2.75, 3.05) is 19.0 Å². The van der Waals surface area contributed by atoms with Gasteiger partial charge in [0.15, 0.2) is 5.11 Å². The lowest BCUT2D eigenvalue weighted by atomic mass is 9.99. The molecule has 2 atom stereocenters. The summed E-state index contributed by atoms with van der Waals surface area (Å²) in [6.07, 6.45) is 6.32. The van der Waals surface area contributed by atoms with E-state index in [2.05, 4.69) is 57.4 Å². The second-order valence-electron chi connectivity index (χ2n) is 8.30. The van der Waals surface area contributed by atoms with E-state index in [0.717, 1.165) is 11.3 Å². The van der Waals surface area contributed by atoms with Gasteiger partial charge in [-0.2, -0.15) is 0 Å². The smallest absolute Gasteiger partial charge is 0.226 e. The molecule has 3 heterocycles. The monoisotopic (exact) mass is 463 g/mol. The first-order valence-electron chi connectivity index (χ1n) is 11.1. The van der Waals surface area contributed by atoms with E-state index < -0.39 is 0 Å². The Bertz CT molecular complexity index is 1110. The maximum Gasteiger partial charge on any atom is 0.226 e. The van der Waals surface area contributed by atoms with Crippen LogP contribution in [0.4, 0.5) is 5.69 Å². The molecule has 0 unspecified atom stereocenters. The summed E-state index contributed by atoms with van der Waals surface area (Å²) in [6.45, 7) is 4.78. The second-order valence-corrected chi connectivity index (χ2v) is 8.69. The van der Waals surface area contributed by atoms with Gasteiger partial charge < -0.3 is 24.8 Å². The minimum atomic E-state index is -0.0982. The molecule has 0 radical (unpaired) electrons. The number of methoxy groups -OCH3 is 1. The van der Waals surface area contributed by atoms with Gasteiger partial charge in [-0.3, -0.25) is 9.78 Å². The first-order valence-corrected chi connectivity index (χ1v) is 11.5. The van der Waals surface area contributed by atoms with Crippen LogP contribution < -0.4 is 15.4 Å². The minimum Gasteiger partial charge on any atom is -0.495 e. The highest BCUT2D eigenvalue weighted by molar-refractivity contribution is 7.80. The van der Waals surface area contributed by atoms with E-state index in [1.54, 1.807) is 13.3 Å². The van der Waals surface area contributed by atoms with E-state index in [1.165, 1.54) is 0 Å². The molecule has 172 valence electrons. The number of para-hydroxylation sites is 2. The number of carbonyl (C=O) groups excluding carboxylic acids is 1. The molecule has 1 amide bonds.